The lowest BCUT2D eigenvalue weighted by atomic mass is 9.85. The first-order valence-corrected chi connectivity index (χ1v) is 14.8. The lowest BCUT2D eigenvalue weighted by Crippen LogP contribution is -2.36. The highest BCUT2D eigenvalue weighted by Crippen LogP contribution is 2.45. The van der Waals surface area contributed by atoms with Crippen LogP contribution in [0.15, 0.2) is 67.1 Å². The molecule has 310 valence electrons. The number of rotatable bonds is 4. The second kappa shape index (κ2) is 19.7. The molecule has 4 N–H and O–H groups in total. The van der Waals surface area contributed by atoms with Crippen LogP contribution in [0, 0.1) is 5.82 Å². The number of aliphatic carboxylic acids is 4. The summed E-state index contributed by atoms with van der Waals surface area (Å²) in [5, 5.41) is 28.5. The fraction of sp³-hybridized carbons (Fsp3) is 0.355. The SMILES string of the molecule is Fc1ccc(CN2CCC3(C2)CN(Cc2cccnc2)c2cccnc23)cc1.O=C(O)C(F)(F)F.O=C(O)C(F)(F)F.O=C(O)C(F)(F)F.O=C(O)C(F)(F)F. The van der Waals surface area contributed by atoms with Gasteiger partial charge in [0.05, 0.1) is 11.4 Å². The molecule has 0 aliphatic carbocycles. The van der Waals surface area contributed by atoms with Crippen molar-refractivity contribution in [2.45, 2.75) is 49.6 Å². The van der Waals surface area contributed by atoms with Crippen LogP contribution in [-0.2, 0) is 37.7 Å². The van der Waals surface area contributed by atoms with Gasteiger partial charge in [-0.3, -0.25) is 14.9 Å². The number of carboxylic acid groups (broad SMARTS) is 4. The predicted octanol–water partition coefficient (Wildman–Crippen LogP) is 6.31. The number of carbonyl (C=O) groups is 4. The van der Waals surface area contributed by atoms with Crippen LogP contribution in [-0.4, -0.2) is 104 Å². The van der Waals surface area contributed by atoms with Crippen molar-refractivity contribution in [2.75, 3.05) is 24.5 Å². The third-order valence-electron chi connectivity index (χ3n) is 6.94. The minimum Gasteiger partial charge on any atom is -0.475 e. The molecule has 2 aliphatic heterocycles. The summed E-state index contributed by atoms with van der Waals surface area (Å²) in [5.41, 5.74) is 4.91. The first-order chi connectivity index (χ1) is 25.5. The zero-order chi connectivity index (χ0) is 43.3. The van der Waals surface area contributed by atoms with E-state index in [0.717, 1.165) is 44.7 Å². The molecule has 1 aromatic carbocycles. The van der Waals surface area contributed by atoms with Gasteiger partial charge in [-0.2, -0.15) is 52.7 Å². The number of carboxylic acids is 4. The maximum Gasteiger partial charge on any atom is 0.490 e. The van der Waals surface area contributed by atoms with Gasteiger partial charge in [-0.25, -0.2) is 23.6 Å². The molecular weight excluding hydrogens is 803 g/mol. The van der Waals surface area contributed by atoms with Gasteiger partial charge in [0.15, 0.2) is 0 Å². The average molecular weight is 831 g/mol. The van der Waals surface area contributed by atoms with Gasteiger partial charge in [0.25, 0.3) is 0 Å². The molecule has 4 heterocycles. The second-order valence-electron chi connectivity index (χ2n) is 11.2. The lowest BCUT2D eigenvalue weighted by molar-refractivity contribution is -0.193. The molecule has 1 saturated heterocycles. The third-order valence-corrected chi connectivity index (χ3v) is 6.94. The number of hydrogen-bond acceptors (Lipinski definition) is 8. The molecule has 56 heavy (non-hydrogen) atoms. The van der Waals surface area contributed by atoms with Crippen molar-refractivity contribution in [1.29, 1.82) is 0 Å². The van der Waals surface area contributed by atoms with Crippen molar-refractivity contribution in [3.63, 3.8) is 0 Å². The van der Waals surface area contributed by atoms with Crippen molar-refractivity contribution in [1.82, 2.24) is 14.9 Å². The van der Waals surface area contributed by atoms with Crippen LogP contribution in [0.1, 0.15) is 23.2 Å². The predicted molar refractivity (Wildman–Crippen MR) is 162 cm³/mol. The number of pyridine rings is 2. The van der Waals surface area contributed by atoms with E-state index in [4.69, 9.17) is 44.6 Å². The molecule has 0 saturated carbocycles. The third kappa shape index (κ3) is 16.3. The molecule has 0 bridgehead atoms. The Morgan fingerprint density at radius 3 is 1.48 bits per heavy atom. The van der Waals surface area contributed by atoms with Crippen LogP contribution in [0.4, 0.5) is 62.8 Å². The van der Waals surface area contributed by atoms with Crippen molar-refractivity contribution in [3.8, 4) is 0 Å². The largest absolute Gasteiger partial charge is 0.490 e. The molecule has 1 atom stereocenters. The Labute approximate surface area is 305 Å². The number of nitrogens with zero attached hydrogens (tertiary/aromatic N) is 4. The van der Waals surface area contributed by atoms with E-state index in [0.29, 0.717) is 0 Å². The zero-order valence-corrected chi connectivity index (χ0v) is 27.7. The normalized spacial score (nSPS) is 16.3. The molecule has 5 rings (SSSR count). The molecule has 12 nitrogen and oxygen atoms in total. The quantitative estimate of drug-likeness (QED) is 0.216. The van der Waals surface area contributed by atoms with Gasteiger partial charge in [0, 0.05) is 50.2 Å². The molecule has 3 aromatic rings. The van der Waals surface area contributed by atoms with E-state index in [1.165, 1.54) is 16.9 Å². The standard InChI is InChI=1S/C23H23FN4.4C2HF3O2/c24-20-7-5-18(6-8-20)14-27-12-9-23(16-27)17-28(15-19-3-1-10-25-13-19)21-4-2-11-26-22(21)23;4*3-2(4,5)1(6)7/h1-8,10-11,13H,9,12,14-17H2;4*(H,6,7). The van der Waals surface area contributed by atoms with E-state index < -0.39 is 48.6 Å². The van der Waals surface area contributed by atoms with Gasteiger partial charge in [-0.05, 0) is 54.4 Å². The Kier molecular flexibility index (Phi) is 17.0. The maximum atomic E-state index is 13.2. The summed E-state index contributed by atoms with van der Waals surface area (Å²) in [6.45, 7) is 4.71. The van der Waals surface area contributed by atoms with E-state index in [-0.39, 0.29) is 11.2 Å². The maximum absolute atomic E-state index is 13.2. The average Bonchev–Trinajstić information content (AvgIpc) is 3.61. The smallest absolute Gasteiger partial charge is 0.475 e. The van der Waals surface area contributed by atoms with Gasteiger partial charge in [0.1, 0.15) is 5.82 Å². The Hall–Kier alpha value is -5.75. The monoisotopic (exact) mass is 830 g/mol. The summed E-state index contributed by atoms with van der Waals surface area (Å²) < 4.78 is 140. The molecule has 0 radical (unpaired) electrons. The first-order valence-electron chi connectivity index (χ1n) is 14.8. The molecule has 0 amide bonds. The fourth-order valence-electron chi connectivity index (χ4n) is 4.70. The van der Waals surface area contributed by atoms with E-state index in [1.807, 2.05) is 42.9 Å². The van der Waals surface area contributed by atoms with E-state index >= 15 is 0 Å². The topological polar surface area (TPSA) is 181 Å². The minimum atomic E-state index is -5.08. The lowest BCUT2D eigenvalue weighted by Gasteiger charge is -2.26. The number of aromatic nitrogens is 2. The van der Waals surface area contributed by atoms with Crippen molar-refractivity contribution < 1.29 is 96.7 Å². The summed E-state index contributed by atoms with van der Waals surface area (Å²) >= 11 is 0. The number of halogens is 13. The van der Waals surface area contributed by atoms with Crippen LogP contribution < -0.4 is 4.90 Å². The Balaban J connectivity index is 0.000000457. The molecular formula is C31H27F13N4O8. The molecule has 1 fully saturated rings. The molecule has 2 aromatic heterocycles. The van der Waals surface area contributed by atoms with Crippen molar-refractivity contribution in [2.24, 2.45) is 0 Å². The van der Waals surface area contributed by atoms with E-state index in [9.17, 15) is 57.1 Å². The zero-order valence-electron chi connectivity index (χ0n) is 27.7. The number of benzene rings is 1. The highest BCUT2D eigenvalue weighted by Gasteiger charge is 2.48. The highest BCUT2D eigenvalue weighted by atomic mass is 19.4. The van der Waals surface area contributed by atoms with Gasteiger partial charge < -0.3 is 25.3 Å². The summed E-state index contributed by atoms with van der Waals surface area (Å²) in [4.78, 5) is 49.6. The number of anilines is 1. The number of fused-ring (bicyclic) bond motifs is 2. The summed E-state index contributed by atoms with van der Waals surface area (Å²) in [5.74, 6) is -11.2. The molecule has 1 spiro atoms. The first kappa shape index (κ1) is 48.3. The minimum absolute atomic E-state index is 0.0683. The summed E-state index contributed by atoms with van der Waals surface area (Å²) in [6, 6.07) is 15.2. The summed E-state index contributed by atoms with van der Waals surface area (Å²) in [6.07, 6.45) is -13.6. The second-order valence-corrected chi connectivity index (χ2v) is 11.2. The van der Waals surface area contributed by atoms with E-state index in [2.05, 4.69) is 26.9 Å². The van der Waals surface area contributed by atoms with Gasteiger partial charge in [-0.1, -0.05) is 18.2 Å². The Morgan fingerprint density at radius 2 is 1.07 bits per heavy atom. The van der Waals surface area contributed by atoms with Crippen LogP contribution in [0.5, 0.6) is 0 Å². The van der Waals surface area contributed by atoms with Crippen molar-refractivity contribution in [3.05, 3.63) is 89.8 Å². The van der Waals surface area contributed by atoms with Crippen LogP contribution in [0.25, 0.3) is 0 Å². The van der Waals surface area contributed by atoms with Gasteiger partial charge in [-0.15, -0.1) is 0 Å². The Bertz CT molecular complexity index is 1660. The van der Waals surface area contributed by atoms with Gasteiger partial charge in [0.2, 0.25) is 0 Å². The van der Waals surface area contributed by atoms with Crippen LogP contribution in [0.3, 0.4) is 0 Å². The van der Waals surface area contributed by atoms with Crippen LogP contribution >= 0.6 is 0 Å². The fourth-order valence-corrected chi connectivity index (χ4v) is 4.70. The van der Waals surface area contributed by atoms with Crippen molar-refractivity contribution >= 4 is 29.6 Å². The van der Waals surface area contributed by atoms with Gasteiger partial charge >= 0.3 is 48.6 Å². The highest BCUT2D eigenvalue weighted by molar-refractivity contribution is 5.74. The van der Waals surface area contributed by atoms with Crippen LogP contribution in [0.2, 0.25) is 0 Å². The van der Waals surface area contributed by atoms with E-state index in [1.54, 1.807) is 12.1 Å². The molecule has 1 unspecified atom stereocenters. The summed E-state index contributed by atoms with van der Waals surface area (Å²) in [7, 11) is 0. The number of hydrogen-bond donors (Lipinski definition) is 4. The molecule has 2 aliphatic rings. The number of likely N-dealkylation sites (tertiary alicyclic amines) is 1. The molecule has 25 heteroatoms. The number of alkyl halides is 12. The Morgan fingerprint density at radius 1 is 0.625 bits per heavy atom.